The van der Waals surface area contributed by atoms with Crippen LogP contribution in [0.1, 0.15) is 45.1 Å². The Kier molecular flexibility index (Phi) is 8.17. The maximum Gasteiger partial charge on any atom is 0.325 e. The number of amides is 1. The number of nitrogens with one attached hydrogen (secondary N) is 1. The highest BCUT2D eigenvalue weighted by molar-refractivity contribution is 5.83. The van der Waals surface area contributed by atoms with Crippen molar-refractivity contribution in [2.45, 2.75) is 46.1 Å². The second kappa shape index (κ2) is 9.97. The minimum atomic E-state index is -0.405. The number of unbranched alkanes of at least 4 members (excludes halogenated alkanes) is 1. The minimum Gasteiger partial charge on any atom is -0.460 e. The van der Waals surface area contributed by atoms with E-state index in [4.69, 9.17) is 4.74 Å². The van der Waals surface area contributed by atoms with E-state index in [9.17, 15) is 9.59 Å². The Hall–Kier alpha value is -1.84. The molecule has 4 nitrogen and oxygen atoms in total. The van der Waals surface area contributed by atoms with Gasteiger partial charge in [0.15, 0.2) is 0 Å². The first kappa shape index (κ1) is 17.2. The SMILES string of the molecule is CCCCC(CC)C(=O)NCC(=O)OCc1ccccc1. The van der Waals surface area contributed by atoms with Gasteiger partial charge >= 0.3 is 5.97 Å². The molecular formula is C17H25NO3. The van der Waals surface area contributed by atoms with Gasteiger partial charge in [-0.1, -0.05) is 57.0 Å². The largest absolute Gasteiger partial charge is 0.460 e. The van der Waals surface area contributed by atoms with E-state index < -0.39 is 5.97 Å². The summed E-state index contributed by atoms with van der Waals surface area (Å²) in [6.45, 7) is 4.27. The molecule has 0 saturated heterocycles. The fraction of sp³-hybridized carbons (Fsp3) is 0.529. The Labute approximate surface area is 126 Å². The molecule has 4 heteroatoms. The second-order valence-electron chi connectivity index (χ2n) is 5.11. The average Bonchev–Trinajstić information content (AvgIpc) is 2.52. The minimum absolute atomic E-state index is 0.00752. The molecule has 1 N–H and O–H groups in total. The van der Waals surface area contributed by atoms with Gasteiger partial charge in [-0.2, -0.15) is 0 Å². The molecule has 1 amide bonds. The van der Waals surface area contributed by atoms with Crippen LogP contribution in [0.2, 0.25) is 0 Å². The van der Waals surface area contributed by atoms with Crippen LogP contribution in [0.3, 0.4) is 0 Å². The van der Waals surface area contributed by atoms with Crippen molar-refractivity contribution in [3.8, 4) is 0 Å². The molecule has 0 aromatic heterocycles. The first-order chi connectivity index (χ1) is 10.2. The first-order valence-corrected chi connectivity index (χ1v) is 7.64. The summed E-state index contributed by atoms with van der Waals surface area (Å²) in [5.74, 6) is -0.466. The van der Waals surface area contributed by atoms with Gasteiger partial charge in [-0.3, -0.25) is 9.59 Å². The van der Waals surface area contributed by atoms with Crippen molar-refractivity contribution in [2.75, 3.05) is 6.54 Å². The number of rotatable bonds is 9. The van der Waals surface area contributed by atoms with Crippen molar-refractivity contribution in [3.63, 3.8) is 0 Å². The zero-order valence-electron chi connectivity index (χ0n) is 12.9. The summed E-state index contributed by atoms with van der Waals surface area (Å²) in [4.78, 5) is 23.5. The molecule has 116 valence electrons. The molecule has 0 spiro atoms. The lowest BCUT2D eigenvalue weighted by Crippen LogP contribution is -2.35. The van der Waals surface area contributed by atoms with Crippen LogP contribution in [0.5, 0.6) is 0 Å². The highest BCUT2D eigenvalue weighted by Crippen LogP contribution is 2.12. The number of hydrogen-bond acceptors (Lipinski definition) is 3. The molecular weight excluding hydrogens is 266 g/mol. The van der Waals surface area contributed by atoms with Crippen LogP contribution in [-0.4, -0.2) is 18.4 Å². The molecule has 0 fully saturated rings. The molecule has 0 aliphatic heterocycles. The number of hydrogen-bond donors (Lipinski definition) is 1. The normalized spacial score (nSPS) is 11.7. The van der Waals surface area contributed by atoms with E-state index in [1.165, 1.54) is 0 Å². The third-order valence-electron chi connectivity index (χ3n) is 3.42. The Morgan fingerprint density at radius 2 is 1.90 bits per heavy atom. The van der Waals surface area contributed by atoms with Crippen LogP contribution in [0.25, 0.3) is 0 Å². The van der Waals surface area contributed by atoms with Gasteiger partial charge in [0.1, 0.15) is 13.2 Å². The Morgan fingerprint density at radius 3 is 2.52 bits per heavy atom. The number of carbonyl (C=O) groups excluding carboxylic acids is 2. The maximum atomic E-state index is 11.9. The molecule has 0 heterocycles. The standard InChI is InChI=1S/C17H25NO3/c1-3-5-11-15(4-2)17(20)18-12-16(19)21-13-14-9-7-6-8-10-14/h6-10,15H,3-5,11-13H2,1-2H3,(H,18,20). The van der Waals surface area contributed by atoms with Crippen molar-refractivity contribution < 1.29 is 14.3 Å². The van der Waals surface area contributed by atoms with E-state index >= 15 is 0 Å². The Morgan fingerprint density at radius 1 is 1.19 bits per heavy atom. The summed E-state index contributed by atoms with van der Waals surface area (Å²) in [5.41, 5.74) is 0.937. The van der Waals surface area contributed by atoms with E-state index in [2.05, 4.69) is 12.2 Å². The van der Waals surface area contributed by atoms with Crippen LogP contribution >= 0.6 is 0 Å². The maximum absolute atomic E-state index is 11.9. The number of esters is 1. The van der Waals surface area contributed by atoms with Gasteiger partial charge in [0.25, 0.3) is 0 Å². The molecule has 0 aliphatic carbocycles. The molecule has 0 aliphatic rings. The summed E-state index contributed by atoms with van der Waals surface area (Å²) in [6, 6.07) is 9.48. The number of ether oxygens (including phenoxy) is 1. The third kappa shape index (κ3) is 6.93. The third-order valence-corrected chi connectivity index (χ3v) is 3.42. The zero-order valence-corrected chi connectivity index (χ0v) is 12.9. The van der Waals surface area contributed by atoms with Crippen LogP contribution < -0.4 is 5.32 Å². The lowest BCUT2D eigenvalue weighted by Gasteiger charge is -2.14. The van der Waals surface area contributed by atoms with E-state index in [-0.39, 0.29) is 25.0 Å². The van der Waals surface area contributed by atoms with Gasteiger partial charge in [0.05, 0.1) is 0 Å². The van der Waals surface area contributed by atoms with Crippen molar-refractivity contribution in [2.24, 2.45) is 5.92 Å². The van der Waals surface area contributed by atoms with Gasteiger partial charge in [0, 0.05) is 5.92 Å². The zero-order chi connectivity index (χ0) is 15.5. The van der Waals surface area contributed by atoms with Crippen molar-refractivity contribution in [1.82, 2.24) is 5.32 Å². The lowest BCUT2D eigenvalue weighted by molar-refractivity contribution is -0.145. The van der Waals surface area contributed by atoms with Crippen LogP contribution in [0.4, 0.5) is 0 Å². The van der Waals surface area contributed by atoms with Crippen molar-refractivity contribution in [1.29, 1.82) is 0 Å². The predicted molar refractivity (Wildman–Crippen MR) is 82.6 cm³/mol. The summed E-state index contributed by atoms with van der Waals surface area (Å²) in [5, 5.41) is 2.67. The van der Waals surface area contributed by atoms with E-state index in [0.717, 1.165) is 31.2 Å². The number of carbonyl (C=O) groups is 2. The monoisotopic (exact) mass is 291 g/mol. The molecule has 0 saturated carbocycles. The van der Waals surface area contributed by atoms with E-state index in [1.807, 2.05) is 37.3 Å². The van der Waals surface area contributed by atoms with Gasteiger partial charge in [-0.15, -0.1) is 0 Å². The van der Waals surface area contributed by atoms with Gasteiger partial charge < -0.3 is 10.1 Å². The predicted octanol–water partition coefficient (Wildman–Crippen LogP) is 3.06. The molecule has 0 radical (unpaired) electrons. The Balaban J connectivity index is 2.26. The highest BCUT2D eigenvalue weighted by atomic mass is 16.5. The van der Waals surface area contributed by atoms with Crippen molar-refractivity contribution in [3.05, 3.63) is 35.9 Å². The molecule has 1 atom stereocenters. The molecule has 1 aromatic carbocycles. The molecule has 1 unspecified atom stereocenters. The Bertz CT molecular complexity index is 431. The smallest absolute Gasteiger partial charge is 0.325 e. The van der Waals surface area contributed by atoms with Crippen LogP contribution in [0, 0.1) is 5.92 Å². The first-order valence-electron chi connectivity index (χ1n) is 7.64. The highest BCUT2D eigenvalue weighted by Gasteiger charge is 2.16. The quantitative estimate of drug-likeness (QED) is 0.711. The summed E-state index contributed by atoms with van der Waals surface area (Å²) >= 11 is 0. The molecule has 21 heavy (non-hydrogen) atoms. The fourth-order valence-corrected chi connectivity index (χ4v) is 2.06. The second-order valence-corrected chi connectivity index (χ2v) is 5.11. The summed E-state index contributed by atoms with van der Waals surface area (Å²) < 4.78 is 5.12. The van der Waals surface area contributed by atoms with Gasteiger partial charge in [-0.05, 0) is 18.4 Å². The van der Waals surface area contributed by atoms with Crippen molar-refractivity contribution >= 4 is 11.9 Å². The molecule has 1 rings (SSSR count). The lowest BCUT2D eigenvalue weighted by atomic mass is 9.98. The van der Waals surface area contributed by atoms with Crippen LogP contribution in [-0.2, 0) is 20.9 Å². The fourth-order valence-electron chi connectivity index (χ4n) is 2.06. The number of benzene rings is 1. The van der Waals surface area contributed by atoms with E-state index in [1.54, 1.807) is 0 Å². The molecule has 1 aromatic rings. The molecule has 0 bridgehead atoms. The van der Waals surface area contributed by atoms with Crippen LogP contribution in [0.15, 0.2) is 30.3 Å². The average molecular weight is 291 g/mol. The van der Waals surface area contributed by atoms with Gasteiger partial charge in [0.2, 0.25) is 5.91 Å². The van der Waals surface area contributed by atoms with E-state index in [0.29, 0.717) is 0 Å². The summed E-state index contributed by atoms with van der Waals surface area (Å²) in [6.07, 6.45) is 3.77. The summed E-state index contributed by atoms with van der Waals surface area (Å²) in [7, 11) is 0. The van der Waals surface area contributed by atoms with Gasteiger partial charge in [-0.25, -0.2) is 0 Å². The topological polar surface area (TPSA) is 55.4 Å².